The summed E-state index contributed by atoms with van der Waals surface area (Å²) in [5.74, 6) is 1.75. The second-order valence-corrected chi connectivity index (χ2v) is 7.25. The van der Waals surface area contributed by atoms with Crippen molar-refractivity contribution in [3.05, 3.63) is 102 Å². The molecule has 4 aromatic rings. The number of furan rings is 1. The van der Waals surface area contributed by atoms with E-state index in [1.165, 1.54) is 0 Å². The average Bonchev–Trinajstić information content (AvgIpc) is 3.56. The van der Waals surface area contributed by atoms with Crippen molar-refractivity contribution in [1.29, 1.82) is 0 Å². The lowest BCUT2D eigenvalue weighted by Crippen LogP contribution is -2.36. The fraction of sp³-hybridized carbons (Fsp3) is 0.160. The first-order chi connectivity index (χ1) is 16.2. The summed E-state index contributed by atoms with van der Waals surface area (Å²) in [5, 5.41) is 9.32. The average molecular weight is 444 g/mol. The molecular weight excluding hydrogens is 418 g/mol. The molecule has 168 valence electrons. The third kappa shape index (κ3) is 6.10. The van der Waals surface area contributed by atoms with E-state index in [0.29, 0.717) is 42.8 Å². The molecule has 0 saturated heterocycles. The van der Waals surface area contributed by atoms with Gasteiger partial charge in [-0.1, -0.05) is 30.3 Å². The van der Waals surface area contributed by atoms with Crippen molar-refractivity contribution in [1.82, 2.24) is 20.9 Å². The summed E-state index contributed by atoms with van der Waals surface area (Å²) in [5.41, 5.74) is 3.24. The van der Waals surface area contributed by atoms with Crippen LogP contribution in [0.4, 0.5) is 0 Å². The lowest BCUT2D eigenvalue weighted by Gasteiger charge is -2.11. The molecule has 0 saturated carbocycles. The van der Waals surface area contributed by atoms with E-state index in [0.717, 1.165) is 16.8 Å². The molecule has 0 radical (unpaired) electrons. The van der Waals surface area contributed by atoms with E-state index in [-0.39, 0.29) is 5.91 Å². The Morgan fingerprint density at radius 1 is 0.909 bits per heavy atom. The van der Waals surface area contributed by atoms with Crippen LogP contribution in [0, 0.1) is 0 Å². The van der Waals surface area contributed by atoms with Gasteiger partial charge in [0.2, 0.25) is 5.89 Å². The minimum Gasteiger partial charge on any atom is -0.467 e. The molecule has 8 heteroatoms. The van der Waals surface area contributed by atoms with Gasteiger partial charge in [0.15, 0.2) is 5.96 Å². The third-order valence-electron chi connectivity index (χ3n) is 4.89. The van der Waals surface area contributed by atoms with Gasteiger partial charge in [-0.05, 0) is 42.0 Å². The predicted molar refractivity (Wildman–Crippen MR) is 125 cm³/mol. The second kappa shape index (κ2) is 10.8. The maximum absolute atomic E-state index is 12.4. The van der Waals surface area contributed by atoms with E-state index >= 15 is 0 Å². The summed E-state index contributed by atoms with van der Waals surface area (Å²) < 4.78 is 10.8. The maximum atomic E-state index is 12.4. The van der Waals surface area contributed by atoms with E-state index in [1.54, 1.807) is 31.7 Å². The third-order valence-corrected chi connectivity index (χ3v) is 4.89. The first-order valence-corrected chi connectivity index (χ1v) is 10.5. The van der Waals surface area contributed by atoms with Crippen LogP contribution >= 0.6 is 0 Å². The molecule has 33 heavy (non-hydrogen) atoms. The first kappa shape index (κ1) is 21.9. The van der Waals surface area contributed by atoms with Gasteiger partial charge in [0.1, 0.15) is 12.0 Å². The Morgan fingerprint density at radius 2 is 1.76 bits per heavy atom. The van der Waals surface area contributed by atoms with E-state index in [1.807, 2.05) is 54.6 Å². The summed E-state index contributed by atoms with van der Waals surface area (Å²) in [6.07, 6.45) is 3.22. The number of hydrogen-bond acceptors (Lipinski definition) is 5. The van der Waals surface area contributed by atoms with Gasteiger partial charge in [-0.25, -0.2) is 4.98 Å². The molecule has 0 fully saturated rings. The van der Waals surface area contributed by atoms with Crippen LogP contribution in [0.1, 0.15) is 27.4 Å². The van der Waals surface area contributed by atoms with Crippen LogP contribution in [0.5, 0.6) is 0 Å². The number of nitrogens with one attached hydrogen (secondary N) is 3. The number of benzene rings is 2. The highest BCUT2D eigenvalue weighted by molar-refractivity contribution is 5.94. The Bertz CT molecular complexity index is 1200. The fourth-order valence-electron chi connectivity index (χ4n) is 3.19. The quantitative estimate of drug-likeness (QED) is 0.283. The van der Waals surface area contributed by atoms with Crippen molar-refractivity contribution >= 4 is 11.9 Å². The SMILES string of the molecule is CN=C(NCc1cccc(C(=O)NCc2ccco2)c1)NCc1coc(-c2ccccc2)n1. The highest BCUT2D eigenvalue weighted by atomic mass is 16.3. The van der Waals surface area contributed by atoms with Gasteiger partial charge in [0.05, 0.1) is 25.0 Å². The highest BCUT2D eigenvalue weighted by Crippen LogP contribution is 2.17. The van der Waals surface area contributed by atoms with Gasteiger partial charge >= 0.3 is 0 Å². The van der Waals surface area contributed by atoms with Gasteiger partial charge < -0.3 is 24.8 Å². The Hall–Kier alpha value is -4.33. The van der Waals surface area contributed by atoms with Crippen LogP contribution in [0.2, 0.25) is 0 Å². The number of aromatic nitrogens is 1. The second-order valence-electron chi connectivity index (χ2n) is 7.25. The van der Waals surface area contributed by atoms with Gasteiger partial charge in [0.25, 0.3) is 5.91 Å². The molecule has 1 amide bonds. The Labute approximate surface area is 191 Å². The molecule has 0 unspecified atom stereocenters. The zero-order valence-electron chi connectivity index (χ0n) is 18.2. The van der Waals surface area contributed by atoms with Gasteiger partial charge in [-0.15, -0.1) is 0 Å². The summed E-state index contributed by atoms with van der Waals surface area (Å²) in [6.45, 7) is 1.32. The highest BCUT2D eigenvalue weighted by Gasteiger charge is 2.09. The molecule has 0 aliphatic carbocycles. The number of guanidine groups is 1. The van der Waals surface area contributed by atoms with Crippen molar-refractivity contribution in [2.75, 3.05) is 7.05 Å². The standard InChI is InChI=1S/C25H25N5O3/c1-26-25(29-15-21-17-33-24(30-21)19-8-3-2-4-9-19)28-14-18-7-5-10-20(13-18)23(31)27-16-22-11-6-12-32-22/h2-13,17H,14-16H2,1H3,(H,27,31)(H2,26,28,29). The Balaban J connectivity index is 1.28. The topological polar surface area (TPSA) is 105 Å². The molecule has 0 aliphatic heterocycles. The zero-order valence-corrected chi connectivity index (χ0v) is 18.2. The molecule has 0 spiro atoms. The van der Waals surface area contributed by atoms with E-state index in [9.17, 15) is 4.79 Å². The molecule has 2 aromatic heterocycles. The Morgan fingerprint density at radius 3 is 2.55 bits per heavy atom. The van der Waals surface area contributed by atoms with Crippen LogP contribution in [0.25, 0.3) is 11.5 Å². The van der Waals surface area contributed by atoms with Crippen LogP contribution in [-0.2, 0) is 19.6 Å². The fourth-order valence-corrected chi connectivity index (χ4v) is 3.19. The normalized spacial score (nSPS) is 11.2. The largest absolute Gasteiger partial charge is 0.467 e. The summed E-state index contributed by atoms with van der Waals surface area (Å²) in [7, 11) is 1.70. The minimum atomic E-state index is -0.156. The first-order valence-electron chi connectivity index (χ1n) is 10.5. The number of aliphatic imine (C=N–C) groups is 1. The number of carbonyl (C=O) groups is 1. The zero-order chi connectivity index (χ0) is 22.9. The van der Waals surface area contributed by atoms with Gasteiger partial charge in [-0.3, -0.25) is 9.79 Å². The summed E-state index contributed by atoms with van der Waals surface area (Å²) in [4.78, 5) is 21.2. The smallest absolute Gasteiger partial charge is 0.251 e. The molecule has 3 N–H and O–H groups in total. The minimum absolute atomic E-state index is 0.156. The van der Waals surface area contributed by atoms with Crippen LogP contribution in [-0.4, -0.2) is 23.9 Å². The molecule has 0 aliphatic rings. The molecule has 8 nitrogen and oxygen atoms in total. The molecular formula is C25H25N5O3. The number of amides is 1. The van der Waals surface area contributed by atoms with Crippen LogP contribution in [0.3, 0.4) is 0 Å². The van der Waals surface area contributed by atoms with Crippen molar-refractivity contribution in [2.45, 2.75) is 19.6 Å². The van der Waals surface area contributed by atoms with E-state index in [4.69, 9.17) is 8.83 Å². The van der Waals surface area contributed by atoms with E-state index < -0.39 is 0 Å². The van der Waals surface area contributed by atoms with Crippen LogP contribution < -0.4 is 16.0 Å². The number of oxazole rings is 1. The van der Waals surface area contributed by atoms with Crippen molar-refractivity contribution in [3.8, 4) is 11.5 Å². The molecule has 2 aromatic carbocycles. The molecule has 2 heterocycles. The van der Waals surface area contributed by atoms with Crippen molar-refractivity contribution in [3.63, 3.8) is 0 Å². The summed E-state index contributed by atoms with van der Waals surface area (Å²) in [6, 6.07) is 20.8. The van der Waals surface area contributed by atoms with Gasteiger partial charge in [-0.2, -0.15) is 0 Å². The lowest BCUT2D eigenvalue weighted by atomic mass is 10.1. The number of hydrogen-bond donors (Lipinski definition) is 3. The van der Waals surface area contributed by atoms with Crippen molar-refractivity contribution in [2.24, 2.45) is 4.99 Å². The maximum Gasteiger partial charge on any atom is 0.251 e. The van der Waals surface area contributed by atoms with Gasteiger partial charge in [0, 0.05) is 24.7 Å². The molecule has 0 atom stereocenters. The number of carbonyl (C=O) groups excluding carboxylic acids is 1. The number of nitrogens with zero attached hydrogens (tertiary/aromatic N) is 2. The Kier molecular flexibility index (Phi) is 7.17. The lowest BCUT2D eigenvalue weighted by molar-refractivity contribution is 0.0948. The summed E-state index contributed by atoms with van der Waals surface area (Å²) >= 11 is 0. The van der Waals surface area contributed by atoms with Crippen molar-refractivity contribution < 1.29 is 13.6 Å². The number of rotatable bonds is 8. The van der Waals surface area contributed by atoms with Crippen LogP contribution in [0.15, 0.2) is 93.1 Å². The predicted octanol–water partition coefficient (Wildman–Crippen LogP) is 3.73. The molecule has 4 rings (SSSR count). The van der Waals surface area contributed by atoms with E-state index in [2.05, 4.69) is 25.9 Å². The molecule has 0 bridgehead atoms. The monoisotopic (exact) mass is 443 g/mol.